The van der Waals surface area contributed by atoms with Gasteiger partial charge in [0.25, 0.3) is 0 Å². The number of aliphatic hydroxyl groups excluding tert-OH is 1. The number of thiol groups is 1. The molecule has 1 unspecified atom stereocenters. The first-order valence-corrected chi connectivity index (χ1v) is 5.15. The number of aliphatic hydroxyl groups is 1. The number of rotatable bonds is 2. The van der Waals surface area contributed by atoms with Gasteiger partial charge >= 0.3 is 0 Å². The van der Waals surface area contributed by atoms with E-state index in [2.05, 4.69) is 17.6 Å². The number of hydrogen-bond donors (Lipinski definition) is 2. The zero-order valence-electron chi connectivity index (χ0n) is 8.51. The van der Waals surface area contributed by atoms with E-state index in [1.807, 2.05) is 0 Å². The Morgan fingerprint density at radius 3 is 2.81 bits per heavy atom. The zero-order chi connectivity index (χ0) is 11.7. The number of nitrogens with zero attached hydrogens (tertiary/aromatic N) is 1. The van der Waals surface area contributed by atoms with Gasteiger partial charge in [-0.15, -0.1) is 12.6 Å². The van der Waals surface area contributed by atoms with Crippen molar-refractivity contribution in [2.75, 3.05) is 0 Å². The van der Waals surface area contributed by atoms with Crippen LogP contribution >= 0.6 is 12.6 Å². The second-order valence-corrected chi connectivity index (χ2v) is 3.89. The summed E-state index contributed by atoms with van der Waals surface area (Å²) in [4.78, 5) is 4.33. The molecule has 84 valence electrons. The van der Waals surface area contributed by atoms with Gasteiger partial charge in [0, 0.05) is 10.5 Å². The third-order valence-corrected chi connectivity index (χ3v) is 2.46. The Hall–Kier alpha value is -1.33. The van der Waals surface area contributed by atoms with Crippen molar-refractivity contribution in [1.29, 1.82) is 0 Å². The maximum absolute atomic E-state index is 13.0. The summed E-state index contributed by atoms with van der Waals surface area (Å²) in [5.41, 5.74) is 1.24. The summed E-state index contributed by atoms with van der Waals surface area (Å²) in [7, 11) is 0. The fourth-order valence-corrected chi connectivity index (χ4v) is 1.50. The van der Waals surface area contributed by atoms with Gasteiger partial charge in [0.05, 0.1) is 0 Å². The molecule has 3 nitrogen and oxygen atoms in total. The highest BCUT2D eigenvalue weighted by Gasteiger charge is 2.11. The van der Waals surface area contributed by atoms with Gasteiger partial charge in [-0.1, -0.05) is 0 Å². The minimum absolute atomic E-state index is 0.236. The lowest BCUT2D eigenvalue weighted by Gasteiger charge is -1.98. The Morgan fingerprint density at radius 2 is 2.25 bits per heavy atom. The lowest BCUT2D eigenvalue weighted by molar-refractivity contribution is 0.163. The monoisotopic (exact) mass is 239 g/mol. The van der Waals surface area contributed by atoms with Crippen LogP contribution in [0.15, 0.2) is 33.8 Å². The van der Waals surface area contributed by atoms with Crippen LogP contribution in [-0.2, 0) is 0 Å². The highest BCUT2D eigenvalue weighted by Crippen LogP contribution is 2.24. The highest BCUT2D eigenvalue weighted by atomic mass is 32.1. The molecular weight excluding hydrogens is 229 g/mol. The van der Waals surface area contributed by atoms with E-state index in [9.17, 15) is 9.50 Å². The van der Waals surface area contributed by atoms with Crippen LogP contribution in [0.25, 0.3) is 11.3 Å². The topological polar surface area (TPSA) is 46.3 Å². The molecule has 1 atom stereocenters. The van der Waals surface area contributed by atoms with Gasteiger partial charge in [0.15, 0.2) is 0 Å². The molecule has 1 N–H and O–H groups in total. The van der Waals surface area contributed by atoms with Crippen LogP contribution in [0.3, 0.4) is 0 Å². The minimum atomic E-state index is -0.760. The molecule has 1 heterocycles. The number of halogens is 1. The van der Waals surface area contributed by atoms with Gasteiger partial charge in [-0.3, -0.25) is 0 Å². The fraction of sp³-hybridized carbons (Fsp3) is 0.182. The summed E-state index contributed by atoms with van der Waals surface area (Å²) in [5.74, 6) is -0.147. The van der Waals surface area contributed by atoms with Crippen LogP contribution in [0.2, 0.25) is 0 Å². The van der Waals surface area contributed by atoms with E-state index < -0.39 is 6.10 Å². The van der Waals surface area contributed by atoms with Crippen LogP contribution < -0.4 is 0 Å². The third kappa shape index (κ3) is 2.10. The molecule has 0 amide bonds. The summed E-state index contributed by atoms with van der Waals surface area (Å²) < 4.78 is 18.1. The first-order chi connectivity index (χ1) is 7.58. The molecule has 0 saturated heterocycles. The lowest BCUT2D eigenvalue weighted by Crippen LogP contribution is -1.90. The van der Waals surface area contributed by atoms with E-state index in [4.69, 9.17) is 4.42 Å². The van der Waals surface area contributed by atoms with Crippen molar-refractivity contribution in [2.24, 2.45) is 0 Å². The molecule has 16 heavy (non-hydrogen) atoms. The lowest BCUT2D eigenvalue weighted by atomic mass is 10.2. The van der Waals surface area contributed by atoms with Crippen molar-refractivity contribution in [3.8, 4) is 11.3 Å². The molecule has 1 aromatic carbocycles. The molecule has 0 aliphatic heterocycles. The average Bonchev–Trinajstić information content (AvgIpc) is 2.71. The molecule has 0 aliphatic carbocycles. The molecule has 0 bridgehead atoms. The van der Waals surface area contributed by atoms with Crippen LogP contribution in [0.1, 0.15) is 18.9 Å². The summed E-state index contributed by atoms with van der Waals surface area (Å²) in [6, 6.07) is 4.45. The fourth-order valence-electron chi connectivity index (χ4n) is 1.28. The summed E-state index contributed by atoms with van der Waals surface area (Å²) >= 11 is 3.98. The van der Waals surface area contributed by atoms with Crippen LogP contribution in [0.4, 0.5) is 4.39 Å². The largest absolute Gasteiger partial charge is 0.446 e. The predicted molar refractivity (Wildman–Crippen MR) is 59.8 cm³/mol. The second kappa shape index (κ2) is 4.27. The maximum Gasteiger partial charge on any atom is 0.223 e. The van der Waals surface area contributed by atoms with Gasteiger partial charge in [0.1, 0.15) is 23.9 Å². The summed E-state index contributed by atoms with van der Waals surface area (Å²) in [6.07, 6.45) is 0.660. The number of oxazole rings is 1. The zero-order valence-corrected chi connectivity index (χ0v) is 9.41. The van der Waals surface area contributed by atoms with E-state index in [-0.39, 0.29) is 16.6 Å². The van der Waals surface area contributed by atoms with Crippen LogP contribution in [0, 0.1) is 5.82 Å². The van der Waals surface area contributed by atoms with Crippen molar-refractivity contribution < 1.29 is 13.9 Å². The van der Waals surface area contributed by atoms with Gasteiger partial charge in [0.2, 0.25) is 5.89 Å². The van der Waals surface area contributed by atoms with Crippen LogP contribution in [0.5, 0.6) is 0 Å². The third-order valence-electron chi connectivity index (χ3n) is 2.12. The van der Waals surface area contributed by atoms with E-state index >= 15 is 0 Å². The van der Waals surface area contributed by atoms with Gasteiger partial charge in [-0.05, 0) is 25.1 Å². The highest BCUT2D eigenvalue weighted by molar-refractivity contribution is 7.80. The van der Waals surface area contributed by atoms with Crippen molar-refractivity contribution in [2.45, 2.75) is 17.9 Å². The van der Waals surface area contributed by atoms with E-state index in [0.29, 0.717) is 11.3 Å². The van der Waals surface area contributed by atoms with Gasteiger partial charge < -0.3 is 9.52 Å². The van der Waals surface area contributed by atoms with Gasteiger partial charge in [-0.25, -0.2) is 9.37 Å². The standard InChI is InChI=1S/C11H10FNO2S/c1-6(14)11-13-9(5-15-11)7-2-3-8(12)10(16)4-7/h2-6,14,16H,1H3. The molecule has 0 aliphatic rings. The van der Waals surface area contributed by atoms with E-state index in [1.54, 1.807) is 19.1 Å². The molecule has 0 saturated carbocycles. The number of aromatic nitrogens is 1. The Kier molecular flexibility index (Phi) is 2.98. The second-order valence-electron chi connectivity index (χ2n) is 3.41. The molecule has 5 heteroatoms. The Labute approximate surface area is 97.3 Å². The summed E-state index contributed by atoms with van der Waals surface area (Å²) in [5, 5.41) is 9.25. The Bertz CT molecular complexity index is 510. The smallest absolute Gasteiger partial charge is 0.223 e. The molecule has 0 spiro atoms. The SMILES string of the molecule is CC(O)c1nc(-c2ccc(F)c(S)c2)co1. The molecular formula is C11H10FNO2S. The Balaban J connectivity index is 2.39. The quantitative estimate of drug-likeness (QED) is 0.792. The van der Waals surface area contributed by atoms with Gasteiger partial charge in [-0.2, -0.15) is 0 Å². The molecule has 0 fully saturated rings. The van der Waals surface area contributed by atoms with Crippen molar-refractivity contribution in [3.63, 3.8) is 0 Å². The Morgan fingerprint density at radius 1 is 1.50 bits per heavy atom. The van der Waals surface area contributed by atoms with E-state index in [0.717, 1.165) is 0 Å². The van der Waals surface area contributed by atoms with Crippen molar-refractivity contribution in [1.82, 2.24) is 4.98 Å². The molecule has 2 aromatic rings. The summed E-state index contributed by atoms with van der Waals surface area (Å²) in [6.45, 7) is 1.56. The molecule has 1 aromatic heterocycles. The van der Waals surface area contributed by atoms with Crippen molar-refractivity contribution in [3.05, 3.63) is 36.2 Å². The molecule has 2 rings (SSSR count). The average molecular weight is 239 g/mol. The number of benzene rings is 1. The first-order valence-electron chi connectivity index (χ1n) is 4.70. The number of hydrogen-bond acceptors (Lipinski definition) is 4. The maximum atomic E-state index is 13.0. The first kappa shape index (κ1) is 11.2. The predicted octanol–water partition coefficient (Wildman–Crippen LogP) is 2.82. The van der Waals surface area contributed by atoms with E-state index in [1.165, 1.54) is 12.3 Å². The molecule has 0 radical (unpaired) electrons. The minimum Gasteiger partial charge on any atom is -0.446 e. The van der Waals surface area contributed by atoms with Crippen molar-refractivity contribution >= 4 is 12.6 Å². The van der Waals surface area contributed by atoms with Crippen LogP contribution in [-0.4, -0.2) is 10.1 Å². The normalized spacial score (nSPS) is 12.8.